The van der Waals surface area contributed by atoms with Crippen molar-refractivity contribution in [1.82, 2.24) is 0 Å². The molecule has 0 fully saturated rings. The number of aryl methyl sites for hydroxylation is 1. The highest BCUT2D eigenvalue weighted by atomic mass is 16.1. The van der Waals surface area contributed by atoms with Gasteiger partial charge in [-0.1, -0.05) is 66.7 Å². The first-order valence-electron chi connectivity index (χ1n) is 6.70. The van der Waals surface area contributed by atoms with Gasteiger partial charge in [0.15, 0.2) is 6.29 Å². The largest absolute Gasteiger partial charge is 0.298 e. The maximum absolute atomic E-state index is 10.6. The zero-order chi connectivity index (χ0) is 15.1. The number of fused-ring (bicyclic) bond motifs is 1. The second-order valence-corrected chi connectivity index (χ2v) is 4.66. The quantitative estimate of drug-likeness (QED) is 0.647. The summed E-state index contributed by atoms with van der Waals surface area (Å²) in [7, 11) is 0. The summed E-state index contributed by atoms with van der Waals surface area (Å²) in [5.41, 5.74) is 2.57. The molecule has 0 aliphatic carbocycles. The monoisotopic (exact) mass is 276 g/mol. The summed E-state index contributed by atoms with van der Waals surface area (Å²) in [5.74, 6) is 0. The van der Waals surface area contributed by atoms with Gasteiger partial charge in [0.25, 0.3) is 0 Å². The van der Waals surface area contributed by atoms with Crippen molar-refractivity contribution in [3.8, 4) is 0 Å². The lowest BCUT2D eigenvalue weighted by Gasteiger charge is -1.98. The molecule has 0 atom stereocenters. The molecule has 104 valence electrons. The van der Waals surface area contributed by atoms with Crippen molar-refractivity contribution in [3.05, 3.63) is 83.4 Å². The molecule has 2 heteroatoms. The van der Waals surface area contributed by atoms with Crippen LogP contribution in [0.5, 0.6) is 0 Å². The number of hydrogen-bond donors (Lipinski definition) is 0. The van der Waals surface area contributed by atoms with Gasteiger partial charge in [-0.2, -0.15) is 0 Å². The molecule has 0 amide bonds. The van der Waals surface area contributed by atoms with Crippen molar-refractivity contribution < 1.29 is 9.59 Å². The molecule has 0 unspecified atom stereocenters. The summed E-state index contributed by atoms with van der Waals surface area (Å²) in [5, 5.41) is 2.14. The molecular weight excluding hydrogens is 260 g/mol. The van der Waals surface area contributed by atoms with E-state index in [4.69, 9.17) is 0 Å². The Kier molecular flexibility index (Phi) is 4.99. The van der Waals surface area contributed by atoms with Crippen LogP contribution in [0, 0.1) is 6.92 Å². The van der Waals surface area contributed by atoms with Crippen LogP contribution in [0.15, 0.2) is 66.7 Å². The Balaban J connectivity index is 0.000000161. The van der Waals surface area contributed by atoms with Crippen LogP contribution in [-0.4, -0.2) is 12.6 Å². The molecule has 3 rings (SSSR count). The molecule has 0 aromatic heterocycles. The van der Waals surface area contributed by atoms with E-state index in [1.54, 1.807) is 0 Å². The van der Waals surface area contributed by atoms with Crippen LogP contribution in [0.1, 0.15) is 26.3 Å². The zero-order valence-electron chi connectivity index (χ0n) is 11.8. The number of hydrogen-bond acceptors (Lipinski definition) is 2. The first kappa shape index (κ1) is 14.7. The van der Waals surface area contributed by atoms with Gasteiger partial charge >= 0.3 is 0 Å². The van der Waals surface area contributed by atoms with E-state index in [0.29, 0.717) is 0 Å². The molecule has 0 radical (unpaired) electrons. The van der Waals surface area contributed by atoms with Crippen molar-refractivity contribution in [1.29, 1.82) is 0 Å². The van der Waals surface area contributed by atoms with Gasteiger partial charge in [-0.3, -0.25) is 9.59 Å². The summed E-state index contributed by atoms with van der Waals surface area (Å²) < 4.78 is 0. The Labute approximate surface area is 124 Å². The molecule has 3 aromatic rings. The molecule has 21 heavy (non-hydrogen) atoms. The van der Waals surface area contributed by atoms with Crippen LogP contribution in [0.4, 0.5) is 0 Å². The third-order valence-electron chi connectivity index (χ3n) is 3.27. The second-order valence-electron chi connectivity index (χ2n) is 4.66. The number of benzene rings is 3. The maximum Gasteiger partial charge on any atom is 0.150 e. The third kappa shape index (κ3) is 3.63. The Hall–Kier alpha value is -2.74. The van der Waals surface area contributed by atoms with E-state index in [0.717, 1.165) is 40.0 Å². The fourth-order valence-corrected chi connectivity index (χ4v) is 2.07. The standard InChI is InChI=1S/C11H8O.C8H8O/c12-8-10-6-3-5-9-4-1-2-7-11(9)10;1-7-4-2-3-5-8(7)6-9/h1-8H;2-6H,1H3. The highest BCUT2D eigenvalue weighted by Gasteiger charge is 1.96. The Morgan fingerprint density at radius 1 is 0.667 bits per heavy atom. The molecule has 0 saturated heterocycles. The van der Waals surface area contributed by atoms with Crippen LogP contribution >= 0.6 is 0 Å². The summed E-state index contributed by atoms with van der Waals surface area (Å²) in [6.07, 6.45) is 1.76. The minimum absolute atomic E-state index is 0.758. The predicted octanol–water partition coefficient (Wildman–Crippen LogP) is 4.46. The summed E-state index contributed by atoms with van der Waals surface area (Å²) in [4.78, 5) is 20.8. The summed E-state index contributed by atoms with van der Waals surface area (Å²) >= 11 is 0. The van der Waals surface area contributed by atoms with Crippen molar-refractivity contribution in [2.75, 3.05) is 0 Å². The van der Waals surface area contributed by atoms with E-state index in [-0.39, 0.29) is 0 Å². The van der Waals surface area contributed by atoms with E-state index in [1.807, 2.05) is 73.7 Å². The SMILES string of the molecule is Cc1ccccc1C=O.O=Cc1cccc2ccccc12. The molecular formula is C19H16O2. The van der Waals surface area contributed by atoms with Crippen molar-refractivity contribution >= 4 is 23.3 Å². The van der Waals surface area contributed by atoms with E-state index in [1.165, 1.54) is 0 Å². The molecule has 0 saturated carbocycles. The van der Waals surface area contributed by atoms with Crippen molar-refractivity contribution in [2.24, 2.45) is 0 Å². The highest BCUT2D eigenvalue weighted by molar-refractivity contribution is 5.97. The molecule has 0 aliphatic heterocycles. The molecule has 0 aliphatic rings. The lowest BCUT2D eigenvalue weighted by Crippen LogP contribution is -1.82. The van der Waals surface area contributed by atoms with Crippen molar-refractivity contribution in [3.63, 3.8) is 0 Å². The van der Waals surface area contributed by atoms with Crippen LogP contribution in [0.3, 0.4) is 0 Å². The minimum Gasteiger partial charge on any atom is -0.298 e. The van der Waals surface area contributed by atoms with Crippen molar-refractivity contribution in [2.45, 2.75) is 6.92 Å². The smallest absolute Gasteiger partial charge is 0.150 e. The molecule has 0 heterocycles. The lowest BCUT2D eigenvalue weighted by atomic mass is 10.1. The first-order chi connectivity index (χ1) is 10.3. The topological polar surface area (TPSA) is 34.1 Å². The molecule has 2 nitrogen and oxygen atoms in total. The number of rotatable bonds is 2. The van der Waals surface area contributed by atoms with Crippen LogP contribution in [0.2, 0.25) is 0 Å². The van der Waals surface area contributed by atoms with E-state index in [2.05, 4.69) is 0 Å². The molecule has 0 N–H and O–H groups in total. The molecule has 3 aromatic carbocycles. The average Bonchev–Trinajstić information content (AvgIpc) is 2.55. The van der Waals surface area contributed by atoms with Gasteiger partial charge in [0.1, 0.15) is 6.29 Å². The summed E-state index contributed by atoms with van der Waals surface area (Å²) in [6, 6.07) is 21.1. The van der Waals surface area contributed by atoms with Gasteiger partial charge in [-0.15, -0.1) is 0 Å². The number of carbonyl (C=O) groups is 2. The number of carbonyl (C=O) groups excluding carboxylic acids is 2. The van der Waals surface area contributed by atoms with Crippen LogP contribution in [-0.2, 0) is 0 Å². The fourth-order valence-electron chi connectivity index (χ4n) is 2.07. The fraction of sp³-hybridized carbons (Fsp3) is 0.0526. The first-order valence-corrected chi connectivity index (χ1v) is 6.70. The van der Waals surface area contributed by atoms with Gasteiger partial charge < -0.3 is 0 Å². The lowest BCUT2D eigenvalue weighted by molar-refractivity contribution is 0.111. The van der Waals surface area contributed by atoms with E-state index < -0.39 is 0 Å². The van der Waals surface area contributed by atoms with Gasteiger partial charge in [-0.25, -0.2) is 0 Å². The van der Waals surface area contributed by atoms with E-state index in [9.17, 15) is 9.59 Å². The van der Waals surface area contributed by atoms with Gasteiger partial charge in [0.2, 0.25) is 0 Å². The number of aldehydes is 2. The zero-order valence-corrected chi connectivity index (χ0v) is 11.8. The Bertz CT molecular complexity index is 755. The maximum atomic E-state index is 10.6. The van der Waals surface area contributed by atoms with Gasteiger partial charge in [0.05, 0.1) is 0 Å². The molecule has 0 bridgehead atoms. The van der Waals surface area contributed by atoms with Crippen LogP contribution < -0.4 is 0 Å². The summed E-state index contributed by atoms with van der Waals surface area (Å²) in [6.45, 7) is 1.92. The molecule has 0 spiro atoms. The third-order valence-corrected chi connectivity index (χ3v) is 3.27. The van der Waals surface area contributed by atoms with Gasteiger partial charge in [0, 0.05) is 11.1 Å². The highest BCUT2D eigenvalue weighted by Crippen LogP contribution is 2.16. The van der Waals surface area contributed by atoms with Gasteiger partial charge in [-0.05, 0) is 23.3 Å². The second kappa shape index (κ2) is 7.15. The van der Waals surface area contributed by atoms with Crippen LogP contribution in [0.25, 0.3) is 10.8 Å². The normalized spacial score (nSPS) is 9.57. The Morgan fingerprint density at radius 3 is 1.90 bits per heavy atom. The minimum atomic E-state index is 0.758. The predicted molar refractivity (Wildman–Crippen MR) is 85.9 cm³/mol. The average molecular weight is 276 g/mol. The van der Waals surface area contributed by atoms with E-state index >= 15 is 0 Å². The Morgan fingerprint density at radius 2 is 1.24 bits per heavy atom.